The lowest BCUT2D eigenvalue weighted by atomic mass is 10.1. The lowest BCUT2D eigenvalue weighted by Gasteiger charge is -2.26. The fraction of sp³-hybridized carbons (Fsp3) is 0.0870. The summed E-state index contributed by atoms with van der Waals surface area (Å²) in [5.74, 6) is -0.660. The van der Waals surface area contributed by atoms with Crippen molar-refractivity contribution < 1.29 is 23.5 Å². The predicted octanol–water partition coefficient (Wildman–Crippen LogP) is 5.18. The maximum absolute atomic E-state index is 13.0. The molecule has 32 heavy (non-hydrogen) atoms. The van der Waals surface area contributed by atoms with E-state index in [1.165, 1.54) is 24.9 Å². The molecule has 0 spiro atoms. The molecule has 0 aliphatic carbocycles. The van der Waals surface area contributed by atoms with Gasteiger partial charge in [0.1, 0.15) is 17.1 Å². The Kier molecular flexibility index (Phi) is 6.20. The van der Waals surface area contributed by atoms with Crippen LogP contribution in [0, 0.1) is 6.92 Å². The molecule has 0 saturated carbocycles. The number of ether oxygens (including phenoxy) is 1. The van der Waals surface area contributed by atoms with Gasteiger partial charge in [0, 0.05) is 4.90 Å². The molecule has 3 aromatic rings. The summed E-state index contributed by atoms with van der Waals surface area (Å²) in [6.07, 6.45) is 1.32. The van der Waals surface area contributed by atoms with Gasteiger partial charge in [-0.05, 0) is 71.4 Å². The Morgan fingerprint density at radius 1 is 1.06 bits per heavy atom. The van der Waals surface area contributed by atoms with Crippen LogP contribution in [-0.4, -0.2) is 25.0 Å². The number of amides is 4. The Morgan fingerprint density at radius 3 is 2.41 bits per heavy atom. The molecule has 0 unspecified atom stereocenters. The van der Waals surface area contributed by atoms with Crippen LogP contribution < -0.4 is 15.0 Å². The first-order valence-electron chi connectivity index (χ1n) is 9.45. The number of urea groups is 1. The van der Waals surface area contributed by atoms with Crippen molar-refractivity contribution >= 4 is 57.3 Å². The molecule has 162 valence electrons. The number of nitrogens with one attached hydrogen (secondary N) is 1. The van der Waals surface area contributed by atoms with Gasteiger partial charge in [-0.25, -0.2) is 9.69 Å². The van der Waals surface area contributed by atoms with Crippen LogP contribution in [0.25, 0.3) is 6.08 Å². The smallest absolute Gasteiger partial charge is 0.335 e. The van der Waals surface area contributed by atoms with E-state index < -0.39 is 17.8 Å². The maximum atomic E-state index is 13.0. The van der Waals surface area contributed by atoms with Gasteiger partial charge < -0.3 is 9.15 Å². The van der Waals surface area contributed by atoms with E-state index in [-0.39, 0.29) is 5.57 Å². The van der Waals surface area contributed by atoms with Gasteiger partial charge in [-0.15, -0.1) is 0 Å². The number of halogens is 1. The molecule has 7 nitrogen and oxygen atoms in total. The average Bonchev–Trinajstić information content (AvgIpc) is 3.12. The van der Waals surface area contributed by atoms with Gasteiger partial charge in [0.05, 0.1) is 17.3 Å². The second-order valence-electron chi connectivity index (χ2n) is 6.86. The zero-order valence-electron chi connectivity index (χ0n) is 17.0. The highest BCUT2D eigenvalue weighted by Gasteiger charge is 2.37. The van der Waals surface area contributed by atoms with Gasteiger partial charge in [0.15, 0.2) is 5.09 Å². The number of hydrogen-bond acceptors (Lipinski definition) is 6. The minimum Gasteiger partial charge on any atom is -0.497 e. The molecule has 0 atom stereocenters. The van der Waals surface area contributed by atoms with Gasteiger partial charge >= 0.3 is 6.03 Å². The number of hydrogen-bond donors (Lipinski definition) is 1. The van der Waals surface area contributed by atoms with Crippen molar-refractivity contribution in [1.29, 1.82) is 0 Å². The molecular weight excluding hydrogens is 496 g/mol. The Labute approximate surface area is 196 Å². The highest BCUT2D eigenvalue weighted by atomic mass is 79.9. The van der Waals surface area contributed by atoms with Crippen LogP contribution in [0.4, 0.5) is 10.5 Å². The van der Waals surface area contributed by atoms with Crippen LogP contribution in [0.15, 0.2) is 79.0 Å². The second-order valence-corrected chi connectivity index (χ2v) is 8.76. The van der Waals surface area contributed by atoms with E-state index in [4.69, 9.17) is 9.15 Å². The van der Waals surface area contributed by atoms with E-state index in [0.29, 0.717) is 26.8 Å². The standard InChI is InChI=1S/C23H17BrN2O5S/c1-13-3-9-17(10-4-13)32-22-19(24)12-16(31-22)11-18-20(27)25-23(29)26(21(18)28)14-5-7-15(30-2)8-6-14/h3-12H,1-2H3,(H,25,27,29)/b18-11+. The first-order chi connectivity index (χ1) is 15.4. The summed E-state index contributed by atoms with van der Waals surface area (Å²) >= 11 is 4.85. The normalized spacial score (nSPS) is 15.3. The Hall–Kier alpha value is -3.30. The first-order valence-corrected chi connectivity index (χ1v) is 11.1. The minimum absolute atomic E-state index is 0.214. The summed E-state index contributed by atoms with van der Waals surface area (Å²) in [5.41, 5.74) is 1.24. The van der Waals surface area contributed by atoms with Crippen LogP contribution in [0.1, 0.15) is 11.3 Å². The number of barbiturate groups is 1. The van der Waals surface area contributed by atoms with E-state index in [1.54, 1.807) is 30.3 Å². The van der Waals surface area contributed by atoms with Gasteiger partial charge in [0.2, 0.25) is 0 Å². The van der Waals surface area contributed by atoms with Crippen molar-refractivity contribution in [3.8, 4) is 5.75 Å². The minimum atomic E-state index is -0.821. The third-order valence-corrected chi connectivity index (χ3v) is 6.47. The van der Waals surface area contributed by atoms with Crippen molar-refractivity contribution in [2.75, 3.05) is 12.0 Å². The summed E-state index contributed by atoms with van der Waals surface area (Å²) in [6.45, 7) is 2.01. The molecule has 1 aliphatic rings. The Balaban J connectivity index is 1.62. The van der Waals surface area contributed by atoms with Crippen molar-refractivity contribution in [3.63, 3.8) is 0 Å². The number of aryl methyl sites for hydroxylation is 1. The van der Waals surface area contributed by atoms with Gasteiger partial charge in [0.25, 0.3) is 11.8 Å². The third kappa shape index (κ3) is 4.49. The lowest BCUT2D eigenvalue weighted by Crippen LogP contribution is -2.54. The zero-order chi connectivity index (χ0) is 22.8. The monoisotopic (exact) mass is 512 g/mol. The zero-order valence-corrected chi connectivity index (χ0v) is 19.5. The first kappa shape index (κ1) is 21.9. The number of carbonyl (C=O) groups is 3. The maximum Gasteiger partial charge on any atom is 0.335 e. The second kappa shape index (κ2) is 9.05. The van der Waals surface area contributed by atoms with Crippen LogP contribution in [-0.2, 0) is 9.59 Å². The van der Waals surface area contributed by atoms with Crippen LogP contribution >= 0.6 is 27.7 Å². The van der Waals surface area contributed by atoms with E-state index in [1.807, 2.05) is 31.2 Å². The third-order valence-electron chi connectivity index (χ3n) is 4.62. The molecule has 0 radical (unpaired) electrons. The quantitative estimate of drug-likeness (QED) is 0.374. The van der Waals surface area contributed by atoms with E-state index >= 15 is 0 Å². The largest absolute Gasteiger partial charge is 0.497 e. The molecule has 2 heterocycles. The number of methoxy groups -OCH3 is 1. The Bertz CT molecular complexity index is 1230. The summed E-state index contributed by atoms with van der Waals surface area (Å²) in [7, 11) is 1.51. The molecule has 1 aliphatic heterocycles. The van der Waals surface area contributed by atoms with E-state index in [2.05, 4.69) is 21.2 Å². The van der Waals surface area contributed by atoms with Crippen LogP contribution in [0.3, 0.4) is 0 Å². The number of anilines is 1. The van der Waals surface area contributed by atoms with Crippen molar-refractivity contribution in [3.05, 3.63) is 76.0 Å². The lowest BCUT2D eigenvalue weighted by molar-refractivity contribution is -0.122. The Morgan fingerprint density at radius 2 is 1.75 bits per heavy atom. The summed E-state index contributed by atoms with van der Waals surface area (Å²) in [5, 5.41) is 2.77. The molecule has 4 rings (SSSR count). The topological polar surface area (TPSA) is 88.8 Å². The molecule has 0 bridgehead atoms. The molecule has 1 N–H and O–H groups in total. The van der Waals surface area contributed by atoms with Crippen LogP contribution in [0.5, 0.6) is 5.75 Å². The fourth-order valence-electron chi connectivity index (χ4n) is 2.99. The average molecular weight is 513 g/mol. The molecule has 1 aromatic heterocycles. The summed E-state index contributed by atoms with van der Waals surface area (Å²) in [4.78, 5) is 39.6. The van der Waals surface area contributed by atoms with Gasteiger partial charge in [-0.2, -0.15) is 0 Å². The number of carbonyl (C=O) groups excluding carboxylic acids is 3. The van der Waals surface area contributed by atoms with Gasteiger partial charge in [-0.1, -0.05) is 29.5 Å². The number of rotatable bonds is 5. The SMILES string of the molecule is COc1ccc(N2C(=O)NC(=O)/C(=C\c3cc(Br)c(Sc4ccc(C)cc4)o3)C2=O)cc1. The number of furan rings is 1. The summed E-state index contributed by atoms with van der Waals surface area (Å²) in [6, 6.07) is 15.1. The van der Waals surface area contributed by atoms with Crippen LogP contribution in [0.2, 0.25) is 0 Å². The van der Waals surface area contributed by atoms with Crippen molar-refractivity contribution in [2.24, 2.45) is 0 Å². The molecule has 1 saturated heterocycles. The summed E-state index contributed by atoms with van der Waals surface area (Å²) < 4.78 is 11.6. The fourth-order valence-corrected chi connectivity index (χ4v) is 4.32. The molecule has 1 fully saturated rings. The number of imide groups is 2. The highest BCUT2D eigenvalue weighted by molar-refractivity contribution is 9.10. The van der Waals surface area contributed by atoms with Crippen molar-refractivity contribution in [2.45, 2.75) is 16.9 Å². The van der Waals surface area contributed by atoms with Gasteiger partial charge in [-0.3, -0.25) is 14.9 Å². The van der Waals surface area contributed by atoms with E-state index in [0.717, 1.165) is 15.4 Å². The molecule has 4 amide bonds. The number of nitrogens with zero attached hydrogens (tertiary/aromatic N) is 1. The molecule has 9 heteroatoms. The molecule has 2 aromatic carbocycles. The predicted molar refractivity (Wildman–Crippen MR) is 124 cm³/mol. The van der Waals surface area contributed by atoms with E-state index in [9.17, 15) is 14.4 Å². The van der Waals surface area contributed by atoms with Crippen molar-refractivity contribution in [1.82, 2.24) is 5.32 Å². The molecular formula is C23H17BrN2O5S. The number of benzene rings is 2. The highest BCUT2D eigenvalue weighted by Crippen LogP contribution is 2.37.